The standard InChI is InChI=1S/C25H27F2N7.C4H9NO/c1-14-29-23-17(26)10-16(11-20(23)34(14)25(2,3)4)22-18(27)12-28-24(32-22)31-21-7-6-15-13-33(5)9-8-19(15)30-21;1-3-6-4-2-5-1/h6-7,10-12H,8-9,13H2,1-5H3,(H,28,30,31,32);5H,1-4H2. The van der Waals surface area contributed by atoms with Crippen molar-refractivity contribution in [2.24, 2.45) is 0 Å². The Labute approximate surface area is 233 Å². The highest BCUT2D eigenvalue weighted by Crippen LogP contribution is 2.32. The maximum Gasteiger partial charge on any atom is 0.229 e. The number of aromatic nitrogens is 5. The Hall–Kier alpha value is -3.54. The second-order valence-corrected chi connectivity index (χ2v) is 11.2. The number of rotatable bonds is 3. The molecule has 0 bridgehead atoms. The van der Waals surface area contributed by atoms with E-state index < -0.39 is 11.6 Å². The fraction of sp³-hybridized carbons (Fsp3) is 0.448. The summed E-state index contributed by atoms with van der Waals surface area (Å²) in [5, 5.41) is 6.23. The number of hydrogen-bond donors (Lipinski definition) is 2. The average Bonchev–Trinajstić information content (AvgIpc) is 3.28. The second-order valence-electron chi connectivity index (χ2n) is 11.2. The molecule has 6 rings (SSSR count). The summed E-state index contributed by atoms with van der Waals surface area (Å²) in [4.78, 5) is 19.8. The molecule has 40 heavy (non-hydrogen) atoms. The van der Waals surface area contributed by atoms with Gasteiger partial charge in [0.25, 0.3) is 0 Å². The fourth-order valence-corrected chi connectivity index (χ4v) is 5.12. The number of nitrogens with one attached hydrogen (secondary N) is 2. The molecule has 2 N–H and O–H groups in total. The Bertz CT molecular complexity index is 1500. The van der Waals surface area contributed by atoms with Gasteiger partial charge in [0, 0.05) is 49.4 Å². The van der Waals surface area contributed by atoms with Gasteiger partial charge < -0.3 is 24.8 Å². The lowest BCUT2D eigenvalue weighted by molar-refractivity contribution is 0.109. The second kappa shape index (κ2) is 11.5. The SMILES string of the molecule is C1COCCN1.Cc1nc2c(F)cc(-c3nc(Nc4ccc5c(n4)CCN(C)C5)ncc3F)cc2n1C(C)(C)C. The lowest BCUT2D eigenvalue weighted by atomic mass is 10.1. The van der Waals surface area contributed by atoms with Crippen LogP contribution in [0.3, 0.4) is 0 Å². The number of aryl methyl sites for hydroxylation is 1. The smallest absolute Gasteiger partial charge is 0.229 e. The van der Waals surface area contributed by atoms with Gasteiger partial charge in [-0.2, -0.15) is 0 Å². The minimum Gasteiger partial charge on any atom is -0.379 e. The third-order valence-electron chi connectivity index (χ3n) is 6.90. The summed E-state index contributed by atoms with van der Waals surface area (Å²) in [6.45, 7) is 13.5. The Morgan fingerprint density at radius 2 is 1.80 bits per heavy atom. The number of nitrogens with zero attached hydrogens (tertiary/aromatic N) is 6. The topological polar surface area (TPSA) is 93.0 Å². The first-order valence-electron chi connectivity index (χ1n) is 13.5. The van der Waals surface area contributed by atoms with E-state index >= 15 is 4.39 Å². The van der Waals surface area contributed by atoms with Gasteiger partial charge in [-0.15, -0.1) is 0 Å². The van der Waals surface area contributed by atoms with E-state index in [1.807, 2.05) is 44.4 Å². The number of imidazole rings is 1. The molecule has 1 aromatic carbocycles. The summed E-state index contributed by atoms with van der Waals surface area (Å²) in [5.74, 6) is 0.312. The van der Waals surface area contributed by atoms with Crippen molar-refractivity contribution in [2.45, 2.75) is 46.2 Å². The number of benzene rings is 1. The summed E-state index contributed by atoms with van der Waals surface area (Å²) in [6, 6.07) is 6.89. The van der Waals surface area contributed by atoms with E-state index in [2.05, 4.69) is 42.5 Å². The van der Waals surface area contributed by atoms with Crippen molar-refractivity contribution in [1.29, 1.82) is 0 Å². The lowest BCUT2D eigenvalue weighted by Crippen LogP contribution is -2.30. The largest absolute Gasteiger partial charge is 0.379 e. The third kappa shape index (κ3) is 6.11. The predicted octanol–water partition coefficient (Wildman–Crippen LogP) is 4.57. The third-order valence-corrected chi connectivity index (χ3v) is 6.90. The number of morpholine rings is 1. The Morgan fingerprint density at radius 1 is 1.02 bits per heavy atom. The van der Waals surface area contributed by atoms with Gasteiger partial charge in [0.05, 0.1) is 24.9 Å². The van der Waals surface area contributed by atoms with Gasteiger partial charge in [-0.1, -0.05) is 6.07 Å². The number of ether oxygens (including phenoxy) is 1. The van der Waals surface area contributed by atoms with Crippen LogP contribution in [0, 0.1) is 18.6 Å². The van der Waals surface area contributed by atoms with E-state index in [9.17, 15) is 4.39 Å². The summed E-state index contributed by atoms with van der Waals surface area (Å²) < 4.78 is 36.8. The van der Waals surface area contributed by atoms with Crippen molar-refractivity contribution in [3.05, 3.63) is 59.2 Å². The Morgan fingerprint density at radius 3 is 2.48 bits per heavy atom. The van der Waals surface area contributed by atoms with Crippen LogP contribution in [-0.4, -0.2) is 69.3 Å². The molecule has 2 aliphatic rings. The highest BCUT2D eigenvalue weighted by molar-refractivity contribution is 5.83. The lowest BCUT2D eigenvalue weighted by Gasteiger charge is -2.24. The normalized spacial score (nSPS) is 15.9. The molecule has 0 atom stereocenters. The van der Waals surface area contributed by atoms with Crippen LogP contribution in [0.25, 0.3) is 22.3 Å². The van der Waals surface area contributed by atoms with Crippen molar-refractivity contribution in [2.75, 3.05) is 45.2 Å². The van der Waals surface area contributed by atoms with Gasteiger partial charge in [-0.25, -0.2) is 28.7 Å². The number of fused-ring (bicyclic) bond motifs is 2. The van der Waals surface area contributed by atoms with Crippen molar-refractivity contribution in [3.63, 3.8) is 0 Å². The molecule has 11 heteroatoms. The first kappa shape index (κ1) is 28.0. The first-order valence-corrected chi connectivity index (χ1v) is 13.5. The maximum absolute atomic E-state index is 15.0. The minimum atomic E-state index is -0.635. The molecule has 1 saturated heterocycles. The van der Waals surface area contributed by atoms with E-state index in [0.717, 1.165) is 57.7 Å². The van der Waals surface area contributed by atoms with Crippen molar-refractivity contribution in [1.82, 2.24) is 34.7 Å². The first-order chi connectivity index (χ1) is 19.1. The van der Waals surface area contributed by atoms with Crippen LogP contribution in [-0.2, 0) is 23.2 Å². The minimum absolute atomic E-state index is 0.0113. The van der Waals surface area contributed by atoms with Crippen molar-refractivity contribution < 1.29 is 13.5 Å². The van der Waals surface area contributed by atoms with E-state index in [0.29, 0.717) is 22.7 Å². The highest BCUT2D eigenvalue weighted by Gasteiger charge is 2.23. The molecule has 5 heterocycles. The van der Waals surface area contributed by atoms with Crippen LogP contribution in [0.5, 0.6) is 0 Å². The molecule has 0 spiro atoms. The fourth-order valence-electron chi connectivity index (χ4n) is 5.12. The van der Waals surface area contributed by atoms with Gasteiger partial charge in [-0.05, 0) is 58.5 Å². The van der Waals surface area contributed by atoms with E-state index in [1.54, 1.807) is 6.07 Å². The predicted molar refractivity (Wildman–Crippen MR) is 152 cm³/mol. The van der Waals surface area contributed by atoms with Crippen LogP contribution in [0.1, 0.15) is 37.9 Å². The quantitative estimate of drug-likeness (QED) is 0.383. The van der Waals surface area contributed by atoms with Gasteiger partial charge >= 0.3 is 0 Å². The average molecular weight is 551 g/mol. The molecule has 0 amide bonds. The molecule has 9 nitrogen and oxygen atoms in total. The van der Waals surface area contributed by atoms with Gasteiger partial charge in [0.1, 0.15) is 22.9 Å². The summed E-state index contributed by atoms with van der Waals surface area (Å²) in [5.41, 5.74) is 3.07. The Kier molecular flexibility index (Phi) is 8.07. The monoisotopic (exact) mass is 550 g/mol. The molecule has 0 aliphatic carbocycles. The highest BCUT2D eigenvalue weighted by atomic mass is 19.1. The molecule has 4 aromatic rings. The molecule has 0 radical (unpaired) electrons. The van der Waals surface area contributed by atoms with Gasteiger partial charge in [-0.3, -0.25) is 0 Å². The van der Waals surface area contributed by atoms with Crippen molar-refractivity contribution in [3.8, 4) is 11.3 Å². The van der Waals surface area contributed by atoms with Crippen LogP contribution in [0.15, 0.2) is 30.5 Å². The zero-order valence-corrected chi connectivity index (χ0v) is 23.7. The van der Waals surface area contributed by atoms with E-state index in [-0.39, 0.29) is 22.7 Å². The van der Waals surface area contributed by atoms with Gasteiger partial charge in [0.15, 0.2) is 11.6 Å². The summed E-state index contributed by atoms with van der Waals surface area (Å²) >= 11 is 0. The van der Waals surface area contributed by atoms with Crippen LogP contribution in [0.2, 0.25) is 0 Å². The number of hydrogen-bond acceptors (Lipinski definition) is 8. The number of anilines is 2. The van der Waals surface area contributed by atoms with E-state index in [1.165, 1.54) is 11.6 Å². The molecular weight excluding hydrogens is 514 g/mol. The zero-order chi connectivity index (χ0) is 28.4. The zero-order valence-electron chi connectivity index (χ0n) is 23.7. The van der Waals surface area contributed by atoms with Crippen LogP contribution < -0.4 is 10.6 Å². The molecular formula is C29H36F2N8O. The van der Waals surface area contributed by atoms with Gasteiger partial charge in [0.2, 0.25) is 5.95 Å². The maximum atomic E-state index is 15.0. The molecule has 212 valence electrons. The number of halogens is 2. The summed E-state index contributed by atoms with van der Waals surface area (Å²) in [6.07, 6.45) is 1.95. The molecule has 1 fully saturated rings. The van der Waals surface area contributed by atoms with E-state index in [4.69, 9.17) is 4.74 Å². The number of pyridine rings is 1. The Balaban J connectivity index is 0.000000477. The van der Waals surface area contributed by atoms with Crippen molar-refractivity contribution >= 4 is 22.8 Å². The molecule has 2 aliphatic heterocycles. The number of likely N-dealkylation sites (N-methyl/N-ethyl adjacent to an activating group) is 1. The molecule has 0 saturated carbocycles. The van der Waals surface area contributed by atoms with Crippen LogP contribution >= 0.6 is 0 Å². The molecule has 0 unspecified atom stereocenters. The van der Waals surface area contributed by atoms with Crippen LogP contribution in [0.4, 0.5) is 20.5 Å². The molecule has 3 aromatic heterocycles. The summed E-state index contributed by atoms with van der Waals surface area (Å²) in [7, 11) is 2.08.